The molecule has 0 bridgehead atoms. The van der Waals surface area contributed by atoms with Crippen molar-refractivity contribution in [3.63, 3.8) is 0 Å². The molecule has 4 rings (SSSR count). The van der Waals surface area contributed by atoms with Crippen molar-refractivity contribution in [2.75, 3.05) is 0 Å². The number of carbonyl (C=O) groups is 1. The fourth-order valence-corrected chi connectivity index (χ4v) is 3.99. The molecule has 0 unspecified atom stereocenters. The van der Waals surface area contributed by atoms with Gasteiger partial charge in [0.25, 0.3) is 0 Å². The molecule has 0 spiro atoms. The quantitative estimate of drug-likeness (QED) is 0.235. The smallest absolute Gasteiger partial charge is 0.185 e. The molecule has 0 amide bonds. The lowest BCUT2D eigenvalue weighted by molar-refractivity contribution is 0.104. The fourth-order valence-electron chi connectivity index (χ4n) is 3.67. The van der Waals surface area contributed by atoms with Crippen molar-refractivity contribution >= 4 is 46.0 Å². The van der Waals surface area contributed by atoms with Crippen LogP contribution in [0.4, 0.5) is 0 Å². The van der Waals surface area contributed by atoms with Crippen LogP contribution in [0.2, 0.25) is 10.0 Å². The second kappa shape index (κ2) is 8.51. The highest BCUT2D eigenvalue weighted by molar-refractivity contribution is 6.42. The molecule has 2 nitrogen and oxygen atoms in total. The lowest BCUT2D eigenvalue weighted by atomic mass is 10.1. The van der Waals surface area contributed by atoms with Crippen molar-refractivity contribution in [1.29, 1.82) is 0 Å². The van der Waals surface area contributed by atoms with Crippen LogP contribution in [0.5, 0.6) is 0 Å². The zero-order valence-corrected chi connectivity index (χ0v) is 18.3. The molecule has 0 saturated heterocycles. The van der Waals surface area contributed by atoms with Gasteiger partial charge < -0.3 is 4.57 Å². The Kier molecular flexibility index (Phi) is 5.80. The Bertz CT molecular complexity index is 1270. The van der Waals surface area contributed by atoms with Crippen LogP contribution in [-0.4, -0.2) is 10.4 Å². The Morgan fingerprint density at radius 1 is 0.933 bits per heavy atom. The monoisotopic (exact) mass is 433 g/mol. The van der Waals surface area contributed by atoms with Gasteiger partial charge in [-0.15, -0.1) is 0 Å². The average Bonchev–Trinajstić information content (AvgIpc) is 3.00. The molecule has 1 aromatic heterocycles. The van der Waals surface area contributed by atoms with E-state index in [0.29, 0.717) is 22.2 Å². The number of aromatic nitrogens is 1. The zero-order valence-electron chi connectivity index (χ0n) is 16.8. The standard InChI is InChI=1S/C26H21Cl2NO/c1-17-7-10-20(11-8-17)26(30)14-12-21-18(2)29(25-6-4-3-5-22(21)25)16-19-9-13-23(27)24(28)15-19/h3-15H,16H2,1-2H3/b14-12+. The third kappa shape index (κ3) is 4.07. The summed E-state index contributed by atoms with van der Waals surface area (Å²) in [6.07, 6.45) is 3.58. The highest BCUT2D eigenvalue weighted by Crippen LogP contribution is 2.29. The number of carbonyl (C=O) groups excluding carboxylic acids is 1. The summed E-state index contributed by atoms with van der Waals surface area (Å²) in [5.74, 6) is -0.00397. The topological polar surface area (TPSA) is 22.0 Å². The summed E-state index contributed by atoms with van der Waals surface area (Å²) < 4.78 is 2.24. The van der Waals surface area contributed by atoms with Crippen LogP contribution in [0.15, 0.2) is 72.8 Å². The summed E-state index contributed by atoms with van der Waals surface area (Å²) in [4.78, 5) is 12.6. The van der Waals surface area contributed by atoms with E-state index < -0.39 is 0 Å². The van der Waals surface area contributed by atoms with E-state index in [9.17, 15) is 4.79 Å². The summed E-state index contributed by atoms with van der Waals surface area (Å²) >= 11 is 12.3. The molecular formula is C26H21Cl2NO. The molecule has 4 heteroatoms. The first-order chi connectivity index (χ1) is 14.4. The van der Waals surface area contributed by atoms with Crippen LogP contribution in [0.1, 0.15) is 32.7 Å². The van der Waals surface area contributed by atoms with Crippen LogP contribution in [0.3, 0.4) is 0 Å². The van der Waals surface area contributed by atoms with Gasteiger partial charge in [-0.2, -0.15) is 0 Å². The first-order valence-corrected chi connectivity index (χ1v) is 10.5. The Morgan fingerprint density at radius 3 is 2.40 bits per heavy atom. The lowest BCUT2D eigenvalue weighted by Gasteiger charge is -2.09. The molecule has 0 N–H and O–H groups in total. The van der Waals surface area contributed by atoms with Gasteiger partial charge in [0, 0.05) is 34.3 Å². The first kappa shape index (κ1) is 20.5. The highest BCUT2D eigenvalue weighted by atomic mass is 35.5. The van der Waals surface area contributed by atoms with E-state index in [1.807, 2.05) is 67.6 Å². The minimum atomic E-state index is -0.00397. The number of hydrogen-bond donors (Lipinski definition) is 0. The molecule has 30 heavy (non-hydrogen) atoms. The second-order valence-electron chi connectivity index (χ2n) is 7.41. The minimum absolute atomic E-state index is 0.00397. The number of fused-ring (bicyclic) bond motifs is 1. The highest BCUT2D eigenvalue weighted by Gasteiger charge is 2.13. The van der Waals surface area contributed by atoms with Gasteiger partial charge in [-0.1, -0.05) is 77.3 Å². The zero-order chi connectivity index (χ0) is 21.3. The minimum Gasteiger partial charge on any atom is -0.340 e. The maximum atomic E-state index is 12.6. The molecule has 1 heterocycles. The number of nitrogens with zero attached hydrogens (tertiary/aromatic N) is 1. The number of halogens is 2. The predicted octanol–water partition coefficient (Wildman–Crippen LogP) is 7.51. The molecule has 150 valence electrons. The number of rotatable bonds is 5. The Morgan fingerprint density at radius 2 is 1.67 bits per heavy atom. The van der Waals surface area contributed by atoms with Gasteiger partial charge in [-0.3, -0.25) is 4.79 Å². The average molecular weight is 434 g/mol. The normalized spacial score (nSPS) is 11.5. The van der Waals surface area contributed by atoms with Crippen molar-refractivity contribution in [2.45, 2.75) is 20.4 Å². The predicted molar refractivity (Wildman–Crippen MR) is 127 cm³/mol. The number of allylic oxidation sites excluding steroid dienone is 1. The molecule has 4 aromatic rings. The molecule has 0 aliphatic heterocycles. The maximum absolute atomic E-state index is 12.6. The van der Waals surface area contributed by atoms with Crippen LogP contribution < -0.4 is 0 Å². The molecular weight excluding hydrogens is 413 g/mol. The van der Waals surface area contributed by atoms with Crippen molar-refractivity contribution in [1.82, 2.24) is 4.57 Å². The van der Waals surface area contributed by atoms with E-state index in [1.54, 1.807) is 6.08 Å². The number of aryl methyl sites for hydroxylation is 1. The third-order valence-electron chi connectivity index (χ3n) is 5.34. The van der Waals surface area contributed by atoms with Gasteiger partial charge in [0.05, 0.1) is 10.0 Å². The molecule has 0 aliphatic carbocycles. The number of hydrogen-bond acceptors (Lipinski definition) is 1. The number of benzene rings is 3. The van der Waals surface area contributed by atoms with Crippen LogP contribution in [0.25, 0.3) is 17.0 Å². The number of para-hydroxylation sites is 1. The molecule has 0 saturated carbocycles. The van der Waals surface area contributed by atoms with Crippen molar-refractivity contribution in [3.05, 3.63) is 111 Å². The van der Waals surface area contributed by atoms with E-state index in [2.05, 4.69) is 23.6 Å². The van der Waals surface area contributed by atoms with Gasteiger partial charge in [-0.25, -0.2) is 0 Å². The third-order valence-corrected chi connectivity index (χ3v) is 6.08. The Hall–Kier alpha value is -2.81. The van der Waals surface area contributed by atoms with Crippen molar-refractivity contribution < 1.29 is 4.79 Å². The van der Waals surface area contributed by atoms with E-state index in [0.717, 1.165) is 33.3 Å². The Balaban J connectivity index is 1.72. The maximum Gasteiger partial charge on any atom is 0.185 e. The summed E-state index contributed by atoms with van der Waals surface area (Å²) in [6.45, 7) is 4.76. The summed E-state index contributed by atoms with van der Waals surface area (Å²) in [5, 5.41) is 2.21. The first-order valence-electron chi connectivity index (χ1n) is 9.75. The summed E-state index contributed by atoms with van der Waals surface area (Å²) in [5.41, 5.74) is 6.15. The molecule has 0 aliphatic rings. The van der Waals surface area contributed by atoms with Crippen LogP contribution >= 0.6 is 23.2 Å². The van der Waals surface area contributed by atoms with Gasteiger partial charge in [0.1, 0.15) is 0 Å². The van der Waals surface area contributed by atoms with E-state index in [4.69, 9.17) is 23.2 Å². The van der Waals surface area contributed by atoms with Crippen molar-refractivity contribution in [2.24, 2.45) is 0 Å². The second-order valence-corrected chi connectivity index (χ2v) is 8.23. The lowest BCUT2D eigenvalue weighted by Crippen LogP contribution is -2.02. The fraction of sp³-hybridized carbons (Fsp3) is 0.115. The summed E-state index contributed by atoms with van der Waals surface area (Å²) in [7, 11) is 0. The Labute approximate surface area is 186 Å². The van der Waals surface area contributed by atoms with Gasteiger partial charge in [0.15, 0.2) is 5.78 Å². The van der Waals surface area contributed by atoms with Gasteiger partial charge in [0.2, 0.25) is 0 Å². The van der Waals surface area contributed by atoms with E-state index in [-0.39, 0.29) is 5.78 Å². The SMILES string of the molecule is Cc1ccc(C(=O)/C=C/c2c(C)n(Cc3ccc(Cl)c(Cl)c3)c3ccccc23)cc1. The molecule has 0 fully saturated rings. The van der Waals surface area contributed by atoms with Crippen LogP contribution in [0, 0.1) is 13.8 Å². The summed E-state index contributed by atoms with van der Waals surface area (Å²) in [6, 6.07) is 21.6. The largest absolute Gasteiger partial charge is 0.340 e. The van der Waals surface area contributed by atoms with E-state index in [1.165, 1.54) is 0 Å². The molecule has 3 aromatic carbocycles. The van der Waals surface area contributed by atoms with Crippen LogP contribution in [-0.2, 0) is 6.54 Å². The van der Waals surface area contributed by atoms with Crippen molar-refractivity contribution in [3.8, 4) is 0 Å². The number of ketones is 1. The molecule has 0 radical (unpaired) electrons. The van der Waals surface area contributed by atoms with Gasteiger partial charge in [-0.05, 0) is 49.8 Å². The van der Waals surface area contributed by atoms with E-state index >= 15 is 0 Å². The van der Waals surface area contributed by atoms with Gasteiger partial charge >= 0.3 is 0 Å². The molecule has 0 atom stereocenters.